The molecule has 0 amide bonds. The van der Waals surface area contributed by atoms with Crippen LogP contribution in [0, 0.1) is 6.92 Å². The number of aromatic nitrogens is 4. The number of pyridine rings is 1. The molecule has 0 unspecified atom stereocenters. The van der Waals surface area contributed by atoms with Gasteiger partial charge in [0, 0.05) is 42.2 Å². The van der Waals surface area contributed by atoms with Gasteiger partial charge < -0.3 is 14.3 Å². The Hall–Kier alpha value is -3.46. The Morgan fingerprint density at radius 1 is 1.17 bits per heavy atom. The van der Waals surface area contributed by atoms with Crippen molar-refractivity contribution in [1.82, 2.24) is 19.5 Å². The number of nitrogens with one attached hydrogen (secondary N) is 1. The van der Waals surface area contributed by atoms with Crippen molar-refractivity contribution in [1.29, 1.82) is 0 Å². The molecule has 0 saturated carbocycles. The fraction of sp³-hybridized carbons (Fsp3) is 0.190. The minimum Gasteiger partial charge on any atom is -0.437 e. The molecule has 0 saturated heterocycles. The fourth-order valence-electron chi connectivity index (χ4n) is 3.21. The number of hydrogen-bond donors (Lipinski definition) is 1. The summed E-state index contributed by atoms with van der Waals surface area (Å²) in [5.74, 6) is 0.675. The number of benzene rings is 1. The van der Waals surface area contributed by atoms with E-state index in [0.717, 1.165) is 0 Å². The van der Waals surface area contributed by atoms with Crippen LogP contribution in [0.5, 0.6) is 11.6 Å². The van der Waals surface area contributed by atoms with Crippen molar-refractivity contribution < 1.29 is 13.2 Å². The SMILES string of the molecule is CCS(=O)(=O)c1ccc(Oc2cncc(C)n2)c(-c2c[nH]c3c(=O)n(C)ccc23)c1. The second-order valence-corrected chi connectivity index (χ2v) is 9.16. The van der Waals surface area contributed by atoms with Gasteiger partial charge in [0.25, 0.3) is 5.56 Å². The summed E-state index contributed by atoms with van der Waals surface area (Å²) in [7, 11) is -1.77. The topological polar surface area (TPSA) is 107 Å². The predicted molar refractivity (Wildman–Crippen MR) is 114 cm³/mol. The first-order valence-electron chi connectivity index (χ1n) is 9.30. The van der Waals surface area contributed by atoms with Crippen LogP contribution in [0.3, 0.4) is 0 Å². The number of rotatable bonds is 5. The van der Waals surface area contributed by atoms with Crippen molar-refractivity contribution in [3.8, 4) is 22.8 Å². The highest BCUT2D eigenvalue weighted by atomic mass is 32.2. The lowest BCUT2D eigenvalue weighted by atomic mass is 10.0. The highest BCUT2D eigenvalue weighted by molar-refractivity contribution is 7.91. The number of sulfone groups is 1. The van der Waals surface area contributed by atoms with Gasteiger partial charge in [0.2, 0.25) is 5.88 Å². The summed E-state index contributed by atoms with van der Waals surface area (Å²) in [5, 5.41) is 0.671. The smallest absolute Gasteiger partial charge is 0.274 e. The van der Waals surface area contributed by atoms with Crippen LogP contribution in [0.15, 0.2) is 58.7 Å². The molecule has 0 aliphatic heterocycles. The van der Waals surface area contributed by atoms with E-state index in [0.29, 0.717) is 33.5 Å². The lowest BCUT2D eigenvalue weighted by molar-refractivity contribution is 0.460. The van der Waals surface area contributed by atoms with Gasteiger partial charge in [-0.05, 0) is 31.2 Å². The largest absolute Gasteiger partial charge is 0.437 e. The van der Waals surface area contributed by atoms with Crippen LogP contribution in [-0.2, 0) is 16.9 Å². The van der Waals surface area contributed by atoms with Crippen molar-refractivity contribution in [2.45, 2.75) is 18.7 Å². The van der Waals surface area contributed by atoms with E-state index in [4.69, 9.17) is 4.74 Å². The van der Waals surface area contributed by atoms with E-state index in [1.54, 1.807) is 57.7 Å². The molecule has 0 fully saturated rings. The van der Waals surface area contributed by atoms with E-state index in [2.05, 4.69) is 15.0 Å². The van der Waals surface area contributed by atoms with Gasteiger partial charge >= 0.3 is 0 Å². The van der Waals surface area contributed by atoms with Gasteiger partial charge in [0.05, 0.1) is 22.5 Å². The number of hydrogen-bond acceptors (Lipinski definition) is 6. The van der Waals surface area contributed by atoms with Crippen molar-refractivity contribution >= 4 is 20.7 Å². The molecule has 0 spiro atoms. The summed E-state index contributed by atoms with van der Waals surface area (Å²) in [6.07, 6.45) is 6.44. The molecule has 0 aliphatic carbocycles. The van der Waals surface area contributed by atoms with Crippen molar-refractivity contribution in [3.05, 3.63) is 65.1 Å². The molecule has 0 aliphatic rings. The maximum atomic E-state index is 12.5. The summed E-state index contributed by atoms with van der Waals surface area (Å²) in [4.78, 5) is 24.0. The number of H-pyrrole nitrogens is 1. The standard InChI is InChI=1S/C21H20N4O4S/c1-4-30(27,28)14-5-6-18(29-19-12-22-10-13(2)24-19)16(9-14)17-11-23-20-15(17)7-8-25(3)21(20)26/h5-12,23H,4H2,1-3H3. The lowest BCUT2D eigenvalue weighted by Gasteiger charge is -2.12. The summed E-state index contributed by atoms with van der Waals surface area (Å²) >= 11 is 0. The normalized spacial score (nSPS) is 11.7. The molecule has 1 aromatic carbocycles. The number of nitrogens with zero attached hydrogens (tertiary/aromatic N) is 3. The van der Waals surface area contributed by atoms with Crippen LogP contribution in [0.1, 0.15) is 12.6 Å². The molecule has 3 aromatic heterocycles. The summed E-state index contributed by atoms with van der Waals surface area (Å²) in [6.45, 7) is 3.39. The van der Waals surface area contributed by atoms with Crippen LogP contribution >= 0.6 is 0 Å². The second kappa shape index (κ2) is 7.42. The number of ether oxygens (including phenoxy) is 1. The highest BCUT2D eigenvalue weighted by Gasteiger charge is 2.19. The van der Waals surface area contributed by atoms with Crippen LogP contribution in [0.4, 0.5) is 0 Å². The van der Waals surface area contributed by atoms with E-state index in [-0.39, 0.29) is 22.1 Å². The van der Waals surface area contributed by atoms with Gasteiger partial charge in [-0.1, -0.05) is 6.92 Å². The Kier molecular flexibility index (Phi) is 4.90. The van der Waals surface area contributed by atoms with E-state index >= 15 is 0 Å². The van der Waals surface area contributed by atoms with E-state index in [9.17, 15) is 13.2 Å². The number of aromatic amines is 1. The molecule has 0 bridgehead atoms. The predicted octanol–water partition coefficient (Wildman–Crippen LogP) is 3.22. The molecule has 30 heavy (non-hydrogen) atoms. The van der Waals surface area contributed by atoms with Crippen molar-refractivity contribution in [3.63, 3.8) is 0 Å². The third-order valence-electron chi connectivity index (χ3n) is 4.85. The molecule has 0 atom stereocenters. The zero-order chi connectivity index (χ0) is 21.5. The van der Waals surface area contributed by atoms with E-state index in [1.165, 1.54) is 16.8 Å². The maximum absolute atomic E-state index is 12.5. The minimum absolute atomic E-state index is 0.0234. The Labute approximate surface area is 173 Å². The Bertz CT molecular complexity index is 1420. The first-order chi connectivity index (χ1) is 14.3. The van der Waals surface area contributed by atoms with Gasteiger partial charge in [0.1, 0.15) is 11.3 Å². The molecular weight excluding hydrogens is 404 g/mol. The molecule has 3 heterocycles. The maximum Gasteiger partial charge on any atom is 0.274 e. The average Bonchev–Trinajstić information content (AvgIpc) is 3.15. The molecule has 1 N–H and O–H groups in total. The molecule has 154 valence electrons. The van der Waals surface area contributed by atoms with Crippen LogP contribution < -0.4 is 10.3 Å². The first kappa shape index (κ1) is 19.8. The fourth-order valence-corrected chi connectivity index (χ4v) is 4.11. The van der Waals surface area contributed by atoms with Crippen LogP contribution in [-0.4, -0.2) is 33.7 Å². The second-order valence-electron chi connectivity index (χ2n) is 6.88. The summed E-state index contributed by atoms with van der Waals surface area (Å²) < 4.78 is 32.4. The molecule has 8 nitrogen and oxygen atoms in total. The van der Waals surface area contributed by atoms with Crippen molar-refractivity contribution in [2.75, 3.05) is 5.75 Å². The van der Waals surface area contributed by atoms with E-state index in [1.807, 2.05) is 0 Å². The van der Waals surface area contributed by atoms with Gasteiger partial charge in [-0.2, -0.15) is 0 Å². The van der Waals surface area contributed by atoms with Crippen LogP contribution in [0.2, 0.25) is 0 Å². The van der Waals surface area contributed by atoms with Crippen LogP contribution in [0.25, 0.3) is 22.0 Å². The van der Waals surface area contributed by atoms with E-state index < -0.39 is 9.84 Å². The van der Waals surface area contributed by atoms with Gasteiger partial charge in [-0.3, -0.25) is 9.78 Å². The summed E-state index contributed by atoms with van der Waals surface area (Å²) in [6, 6.07) is 6.48. The summed E-state index contributed by atoms with van der Waals surface area (Å²) in [5.41, 5.74) is 2.14. The third kappa shape index (κ3) is 3.48. The molecule has 4 aromatic rings. The zero-order valence-electron chi connectivity index (χ0n) is 16.7. The number of aryl methyl sites for hydroxylation is 2. The Morgan fingerprint density at radius 2 is 1.97 bits per heavy atom. The quantitative estimate of drug-likeness (QED) is 0.527. The number of fused-ring (bicyclic) bond motifs is 1. The molecular formula is C21H20N4O4S. The molecule has 0 radical (unpaired) electrons. The van der Waals surface area contributed by atoms with Crippen molar-refractivity contribution in [2.24, 2.45) is 7.05 Å². The molecule has 4 rings (SSSR count). The lowest BCUT2D eigenvalue weighted by Crippen LogP contribution is -2.15. The zero-order valence-corrected chi connectivity index (χ0v) is 17.5. The van der Waals surface area contributed by atoms with Gasteiger partial charge in [-0.15, -0.1) is 0 Å². The third-order valence-corrected chi connectivity index (χ3v) is 6.58. The van der Waals surface area contributed by atoms with Gasteiger partial charge in [-0.25, -0.2) is 13.4 Å². The molecule has 9 heteroatoms. The first-order valence-corrected chi connectivity index (χ1v) is 11.0. The Morgan fingerprint density at radius 3 is 2.70 bits per heavy atom. The highest BCUT2D eigenvalue weighted by Crippen LogP contribution is 2.38. The monoisotopic (exact) mass is 424 g/mol. The van der Waals surface area contributed by atoms with Gasteiger partial charge in [0.15, 0.2) is 9.84 Å². The minimum atomic E-state index is -3.44. The Balaban J connectivity index is 1.95. The average molecular weight is 424 g/mol.